The maximum Gasteiger partial charge on any atom is 0.319 e. The minimum atomic E-state index is -0.861. The predicted octanol–water partition coefficient (Wildman–Crippen LogP) is 6.92. The fourth-order valence-electron chi connectivity index (χ4n) is 13.1. The monoisotopic (exact) mass is 762 g/mol. The van der Waals surface area contributed by atoms with Gasteiger partial charge in [-0.25, -0.2) is 0 Å². The first-order valence-corrected chi connectivity index (χ1v) is 21.0. The number of ether oxygens (including phenoxy) is 3. The molecule has 2 aliphatic carbocycles. The van der Waals surface area contributed by atoms with Crippen molar-refractivity contribution in [2.45, 2.75) is 102 Å². The van der Waals surface area contributed by atoms with Crippen LogP contribution in [0.25, 0.3) is 21.8 Å². The number of hydrogen-bond acceptors (Lipinski definition) is 8. The average Bonchev–Trinajstić information content (AvgIpc) is 3.72. The number of ketones is 1. The van der Waals surface area contributed by atoms with Crippen LogP contribution < -0.4 is 4.74 Å². The third-order valence-corrected chi connectivity index (χ3v) is 15.4. The molecular weight excluding hydrogens is 705 g/mol. The second-order valence-electron chi connectivity index (χ2n) is 17.8. The van der Waals surface area contributed by atoms with Gasteiger partial charge in [-0.15, -0.1) is 0 Å². The molecule has 11 atom stereocenters. The normalized spacial score (nSPS) is 33.6. The molecule has 6 bridgehead atoms. The highest BCUT2D eigenvalue weighted by Crippen LogP contribution is 2.59. The standard InChI is InChI=1S/C46H58N4O6/c1-8-25-17-27-22-46(45(53)56-7)42-29(14-15-50(43(25)46)37(27)16-24(3)51)31-21-39(54-5)32(19-36(31)48-42)33-18-30-26(9-2)23-49(4)38(40(30)44(52)55-6)20-34-28-12-10-11-13-35(28)47-41(33)34/h10-13,19,21,25-27,30,33,37-38,40,43,47-48H,8-9,14-18,20,22-23H2,1-7H3/t25-,26+,27-,30+,33-,37+,38-,40-,43-,46+/m0/s1. The number of H-pyrrole nitrogens is 2. The Bertz CT molecular complexity index is 2210. The van der Waals surface area contributed by atoms with Gasteiger partial charge in [0.2, 0.25) is 0 Å². The highest BCUT2D eigenvalue weighted by atomic mass is 16.5. The summed E-state index contributed by atoms with van der Waals surface area (Å²) in [5, 5.41) is 2.27. The Labute approximate surface area is 330 Å². The van der Waals surface area contributed by atoms with E-state index in [-0.39, 0.29) is 59.5 Å². The van der Waals surface area contributed by atoms with E-state index in [4.69, 9.17) is 14.2 Å². The molecule has 1 saturated carbocycles. The molecule has 4 aromatic rings. The largest absolute Gasteiger partial charge is 0.496 e. The Morgan fingerprint density at radius 3 is 2.43 bits per heavy atom. The SMILES string of the molecule is CC[C@@H]1CN(C)[C@H]2Cc3c([nH]c4ccccc34)[C@H](c3cc4[nH]c5c(c4cc3OC)CCN3[C@H](CC(C)=O)[C@H]4C[C@H](CC)[C@H]3[C@@]5(C(=O)OC)C4)C[C@H]1[C@@H]2C(=O)OC. The van der Waals surface area contributed by atoms with Gasteiger partial charge in [-0.1, -0.05) is 44.9 Å². The molecule has 2 aromatic heterocycles. The summed E-state index contributed by atoms with van der Waals surface area (Å²) in [6.45, 7) is 7.90. The van der Waals surface area contributed by atoms with Crippen molar-refractivity contribution >= 4 is 39.5 Å². The molecule has 4 fully saturated rings. The lowest BCUT2D eigenvalue weighted by molar-refractivity contribution is -0.169. The third kappa shape index (κ3) is 5.37. The predicted molar refractivity (Wildman–Crippen MR) is 216 cm³/mol. The smallest absolute Gasteiger partial charge is 0.319 e. The van der Waals surface area contributed by atoms with Gasteiger partial charge in [-0.3, -0.25) is 19.3 Å². The van der Waals surface area contributed by atoms with Crippen LogP contribution in [0.2, 0.25) is 0 Å². The molecule has 0 amide bonds. The van der Waals surface area contributed by atoms with Crippen molar-refractivity contribution in [3.05, 3.63) is 64.5 Å². The van der Waals surface area contributed by atoms with E-state index < -0.39 is 5.41 Å². The Morgan fingerprint density at radius 2 is 1.71 bits per heavy atom. The van der Waals surface area contributed by atoms with E-state index in [0.29, 0.717) is 24.7 Å². The van der Waals surface area contributed by atoms with E-state index in [1.807, 2.05) is 0 Å². The van der Waals surface area contributed by atoms with Gasteiger partial charge in [-0.05, 0) is 99.1 Å². The number of carbonyl (C=O) groups excluding carboxylic acids is 3. The second kappa shape index (κ2) is 14.0. The van der Waals surface area contributed by atoms with Gasteiger partial charge in [0.1, 0.15) is 16.9 Å². The minimum absolute atomic E-state index is 0.0273. The number of hydrogen-bond donors (Lipinski definition) is 2. The summed E-state index contributed by atoms with van der Waals surface area (Å²) < 4.78 is 17.8. The molecule has 4 aliphatic heterocycles. The number of rotatable bonds is 8. The van der Waals surface area contributed by atoms with E-state index in [2.05, 4.69) is 77.1 Å². The zero-order chi connectivity index (χ0) is 39.2. The number of para-hydroxylation sites is 1. The van der Waals surface area contributed by atoms with Gasteiger partial charge in [0.15, 0.2) is 0 Å². The number of esters is 2. The number of fused-ring (bicyclic) bond motifs is 9. The van der Waals surface area contributed by atoms with E-state index in [1.165, 1.54) is 30.9 Å². The Kier molecular flexibility index (Phi) is 9.39. The van der Waals surface area contributed by atoms with Crippen LogP contribution in [0.3, 0.4) is 0 Å². The lowest BCUT2D eigenvalue weighted by atomic mass is 9.54. The van der Waals surface area contributed by atoms with Crippen molar-refractivity contribution in [2.75, 3.05) is 41.5 Å². The van der Waals surface area contributed by atoms with Crippen molar-refractivity contribution in [3.63, 3.8) is 0 Å². The first-order valence-electron chi connectivity index (χ1n) is 21.0. The number of likely N-dealkylation sites (tertiary alicyclic amines) is 1. The van der Waals surface area contributed by atoms with E-state index in [0.717, 1.165) is 90.6 Å². The average molecular weight is 763 g/mol. The number of piperidine rings is 3. The number of nitrogens with zero attached hydrogens (tertiary/aromatic N) is 2. The van der Waals surface area contributed by atoms with Crippen LogP contribution in [0.15, 0.2) is 36.4 Å². The van der Waals surface area contributed by atoms with Gasteiger partial charge in [0.25, 0.3) is 0 Å². The number of carbonyl (C=O) groups is 3. The van der Waals surface area contributed by atoms with Crippen LogP contribution in [0.5, 0.6) is 5.75 Å². The Morgan fingerprint density at radius 1 is 0.929 bits per heavy atom. The molecule has 2 N–H and O–H groups in total. The molecule has 0 radical (unpaired) electrons. The van der Waals surface area contributed by atoms with Crippen LogP contribution in [0.4, 0.5) is 0 Å². The van der Waals surface area contributed by atoms with Gasteiger partial charge in [0, 0.05) is 82.3 Å². The fraction of sp³-hybridized carbons (Fsp3) is 0.587. The number of nitrogens with one attached hydrogen (secondary N) is 2. The highest BCUT2D eigenvalue weighted by molar-refractivity contribution is 5.93. The summed E-state index contributed by atoms with van der Waals surface area (Å²) >= 11 is 0. The molecule has 298 valence electrons. The van der Waals surface area contributed by atoms with Crippen LogP contribution in [0.1, 0.15) is 93.3 Å². The molecule has 56 heavy (non-hydrogen) atoms. The maximum atomic E-state index is 14.5. The number of methoxy groups -OCH3 is 3. The summed E-state index contributed by atoms with van der Waals surface area (Å²) in [5.41, 5.74) is 6.88. The molecular formula is C46H58N4O6. The van der Waals surface area contributed by atoms with E-state index in [9.17, 15) is 14.4 Å². The van der Waals surface area contributed by atoms with E-state index >= 15 is 0 Å². The van der Waals surface area contributed by atoms with Crippen molar-refractivity contribution in [3.8, 4) is 5.75 Å². The van der Waals surface area contributed by atoms with Gasteiger partial charge in [-0.2, -0.15) is 0 Å². The van der Waals surface area contributed by atoms with Crippen LogP contribution in [-0.4, -0.2) is 97.1 Å². The Balaban J connectivity index is 1.24. The van der Waals surface area contributed by atoms with Gasteiger partial charge < -0.3 is 29.1 Å². The topological polar surface area (TPSA) is 117 Å². The second-order valence-corrected chi connectivity index (χ2v) is 17.8. The molecule has 10 heteroatoms. The summed E-state index contributed by atoms with van der Waals surface area (Å²) in [7, 11) is 6.99. The zero-order valence-corrected chi connectivity index (χ0v) is 34.1. The molecule has 2 aromatic carbocycles. The summed E-state index contributed by atoms with van der Waals surface area (Å²) in [4.78, 5) is 53.7. The van der Waals surface area contributed by atoms with Crippen molar-refractivity contribution in [2.24, 2.45) is 29.6 Å². The first kappa shape index (κ1) is 37.4. The maximum absolute atomic E-state index is 14.5. The molecule has 10 nitrogen and oxygen atoms in total. The number of aromatic amines is 2. The zero-order valence-electron chi connectivity index (χ0n) is 34.1. The highest BCUT2D eigenvalue weighted by Gasteiger charge is 2.65. The summed E-state index contributed by atoms with van der Waals surface area (Å²) in [6, 6.07) is 13.1. The number of aromatic nitrogens is 2. The van der Waals surface area contributed by atoms with Crippen molar-refractivity contribution < 1.29 is 28.6 Å². The van der Waals surface area contributed by atoms with Crippen LogP contribution >= 0.6 is 0 Å². The van der Waals surface area contributed by atoms with Crippen molar-refractivity contribution in [1.29, 1.82) is 0 Å². The molecule has 3 saturated heterocycles. The number of benzene rings is 2. The van der Waals surface area contributed by atoms with Crippen LogP contribution in [0, 0.1) is 29.6 Å². The Hall–Kier alpha value is -4.15. The molecule has 6 heterocycles. The fourth-order valence-corrected chi connectivity index (χ4v) is 13.1. The number of Topliss-reactive ketones (excluding diaryl/α,β-unsaturated/α-hetero) is 1. The van der Waals surface area contributed by atoms with Gasteiger partial charge >= 0.3 is 11.9 Å². The summed E-state index contributed by atoms with van der Waals surface area (Å²) in [6.07, 6.45) is 6.43. The lowest BCUT2D eigenvalue weighted by Crippen LogP contribution is -2.70. The molecule has 10 rings (SSSR count). The van der Waals surface area contributed by atoms with Crippen molar-refractivity contribution in [1.82, 2.24) is 19.8 Å². The third-order valence-electron chi connectivity index (χ3n) is 15.4. The molecule has 1 unspecified atom stereocenters. The number of likely N-dealkylation sites (N-methyl/N-ethyl adjacent to an activating group) is 1. The minimum Gasteiger partial charge on any atom is -0.496 e. The summed E-state index contributed by atoms with van der Waals surface area (Å²) in [5.74, 6) is 1.35. The molecule has 6 aliphatic rings. The van der Waals surface area contributed by atoms with Gasteiger partial charge in [0.05, 0.1) is 27.2 Å². The first-order chi connectivity index (χ1) is 27.1. The molecule has 0 spiro atoms. The lowest BCUT2D eigenvalue weighted by Gasteiger charge is -2.61. The van der Waals surface area contributed by atoms with Crippen LogP contribution in [-0.2, 0) is 42.1 Å². The van der Waals surface area contributed by atoms with E-state index in [1.54, 1.807) is 14.0 Å². The quantitative estimate of drug-likeness (QED) is 0.186.